The Morgan fingerprint density at radius 1 is 1.02 bits per heavy atom. The Morgan fingerprint density at radius 3 is 2.40 bits per heavy atom. The highest BCUT2D eigenvalue weighted by Gasteiger charge is 2.47. The number of rotatable bonds is 13. The topological polar surface area (TPSA) is 117 Å². The van der Waals surface area contributed by atoms with Crippen LogP contribution in [0.25, 0.3) is 0 Å². The van der Waals surface area contributed by atoms with Gasteiger partial charge in [0.25, 0.3) is 0 Å². The summed E-state index contributed by atoms with van der Waals surface area (Å²) in [4.78, 5) is 44.8. The fourth-order valence-electron chi connectivity index (χ4n) is 6.23. The normalized spacial score (nSPS) is 22.8. The molecule has 2 aromatic carbocycles. The first-order chi connectivity index (χ1) is 20.3. The van der Waals surface area contributed by atoms with Crippen molar-refractivity contribution in [3.05, 3.63) is 65.7 Å². The van der Waals surface area contributed by atoms with E-state index in [-0.39, 0.29) is 29.7 Å². The zero-order valence-electron chi connectivity index (χ0n) is 25.3. The van der Waals surface area contributed by atoms with Crippen LogP contribution in [0.15, 0.2) is 54.6 Å². The molecule has 5 atom stereocenters. The minimum atomic E-state index is -0.724. The van der Waals surface area contributed by atoms with Gasteiger partial charge in [-0.15, -0.1) is 0 Å². The maximum atomic E-state index is 14.2. The molecule has 2 fully saturated rings. The van der Waals surface area contributed by atoms with Gasteiger partial charge in [0.15, 0.2) is 0 Å². The average molecular weight is 578 g/mol. The first-order valence-corrected chi connectivity index (χ1v) is 15.4. The lowest BCUT2D eigenvalue weighted by Crippen LogP contribution is -2.59. The van der Waals surface area contributed by atoms with Crippen LogP contribution >= 0.6 is 0 Å². The molecule has 2 aliphatic rings. The van der Waals surface area contributed by atoms with Crippen LogP contribution in [-0.4, -0.2) is 78.4 Å². The van der Waals surface area contributed by atoms with Crippen molar-refractivity contribution in [1.82, 2.24) is 20.4 Å². The highest BCUT2D eigenvalue weighted by atomic mass is 16.5. The van der Waals surface area contributed by atoms with E-state index in [1.54, 1.807) is 12.0 Å². The fourth-order valence-corrected chi connectivity index (χ4v) is 6.23. The summed E-state index contributed by atoms with van der Waals surface area (Å²) in [7, 11) is 1.63. The Bertz CT molecular complexity index is 1170. The lowest BCUT2D eigenvalue weighted by Gasteiger charge is -2.34. The van der Waals surface area contributed by atoms with Crippen molar-refractivity contribution < 1.29 is 19.1 Å². The molecule has 4 N–H and O–H groups in total. The van der Waals surface area contributed by atoms with E-state index >= 15 is 0 Å². The number of methoxy groups -OCH3 is 1. The maximum absolute atomic E-state index is 14.2. The third-order valence-corrected chi connectivity index (χ3v) is 8.80. The van der Waals surface area contributed by atoms with Crippen molar-refractivity contribution in [2.24, 2.45) is 11.7 Å². The number of carbonyl (C=O) groups is 3. The van der Waals surface area contributed by atoms with Crippen LogP contribution in [0.2, 0.25) is 0 Å². The average Bonchev–Trinajstić information content (AvgIpc) is 3.40. The van der Waals surface area contributed by atoms with Crippen LogP contribution < -0.4 is 21.1 Å². The summed E-state index contributed by atoms with van der Waals surface area (Å²) in [6, 6.07) is 16.1. The molecule has 3 amide bonds. The highest BCUT2D eigenvalue weighted by Crippen LogP contribution is 2.34. The highest BCUT2D eigenvalue weighted by molar-refractivity contribution is 5.94. The Kier molecular flexibility index (Phi) is 11.4. The lowest BCUT2D eigenvalue weighted by atomic mass is 9.92. The van der Waals surface area contributed by atoms with Gasteiger partial charge < -0.3 is 26.0 Å². The molecule has 3 unspecified atom stereocenters. The van der Waals surface area contributed by atoms with Gasteiger partial charge in [0.1, 0.15) is 17.8 Å². The van der Waals surface area contributed by atoms with E-state index in [2.05, 4.69) is 34.6 Å². The van der Waals surface area contributed by atoms with Crippen LogP contribution in [-0.2, 0) is 27.3 Å². The smallest absolute Gasteiger partial charge is 0.246 e. The number of nitrogens with one attached hydrogen (secondary N) is 2. The number of carbonyl (C=O) groups excluding carboxylic acids is 3. The van der Waals surface area contributed by atoms with Gasteiger partial charge in [-0.2, -0.15) is 0 Å². The van der Waals surface area contributed by atoms with E-state index < -0.39 is 18.1 Å². The summed E-state index contributed by atoms with van der Waals surface area (Å²) in [5, 5.41) is 6.08. The van der Waals surface area contributed by atoms with Gasteiger partial charge in [0.05, 0.1) is 13.2 Å². The Balaban J connectivity index is 1.47. The van der Waals surface area contributed by atoms with Crippen LogP contribution in [0.1, 0.15) is 57.1 Å². The van der Waals surface area contributed by atoms with E-state index in [9.17, 15) is 14.4 Å². The first-order valence-electron chi connectivity index (χ1n) is 15.4. The maximum Gasteiger partial charge on any atom is 0.246 e. The number of benzene rings is 2. The van der Waals surface area contributed by atoms with E-state index in [0.29, 0.717) is 32.4 Å². The van der Waals surface area contributed by atoms with Crippen molar-refractivity contribution in [3.63, 3.8) is 0 Å². The number of hydrogen-bond donors (Lipinski definition) is 3. The number of nitrogens with two attached hydrogens (primary N) is 1. The quantitative estimate of drug-likeness (QED) is 0.337. The molecular weight excluding hydrogens is 530 g/mol. The molecule has 2 aromatic rings. The van der Waals surface area contributed by atoms with Crippen LogP contribution in [0, 0.1) is 5.92 Å². The lowest BCUT2D eigenvalue weighted by molar-refractivity contribution is -0.143. The SMILES string of the molecule is CC[C@H](N)C(=O)NC1C(=O)N2C(CCC1CN(CC)Cc1ccccc1)CC[C@H]2C(=O)NCCc1ccc(OC)cc1. The van der Waals surface area contributed by atoms with Gasteiger partial charge >= 0.3 is 0 Å². The van der Waals surface area contributed by atoms with Crippen molar-refractivity contribution >= 4 is 17.7 Å². The zero-order chi connectivity index (χ0) is 30.1. The monoisotopic (exact) mass is 577 g/mol. The van der Waals surface area contributed by atoms with E-state index in [1.165, 1.54) is 5.56 Å². The van der Waals surface area contributed by atoms with Crippen molar-refractivity contribution in [1.29, 1.82) is 0 Å². The number of fused-ring (bicyclic) bond motifs is 1. The number of ether oxygens (including phenoxy) is 1. The third-order valence-electron chi connectivity index (χ3n) is 8.80. The molecule has 0 bridgehead atoms. The Morgan fingerprint density at radius 2 is 1.74 bits per heavy atom. The fraction of sp³-hybridized carbons (Fsp3) is 0.545. The first kappa shape index (κ1) is 31.5. The van der Waals surface area contributed by atoms with E-state index in [0.717, 1.165) is 43.7 Å². The standard InChI is InChI=1S/C33H47N5O4/c1-4-28(34)31(39)36-30-25(22-37(5-2)21-24-9-7-6-8-10-24)13-14-26-15-18-29(38(26)33(30)41)32(40)35-20-19-23-11-16-27(42-3)17-12-23/h6-12,16-17,25-26,28-30H,4-5,13-15,18-22,34H2,1-3H3,(H,35,40)(H,36,39)/t25?,26?,28-,29-,30?/m0/s1. The molecule has 9 heteroatoms. The second-order valence-corrected chi connectivity index (χ2v) is 11.5. The van der Waals surface area contributed by atoms with Crippen LogP contribution in [0.5, 0.6) is 5.75 Å². The van der Waals surface area contributed by atoms with Gasteiger partial charge in [-0.1, -0.05) is 56.3 Å². The van der Waals surface area contributed by atoms with Gasteiger partial charge in [-0.25, -0.2) is 0 Å². The zero-order valence-corrected chi connectivity index (χ0v) is 25.3. The molecule has 0 spiro atoms. The van der Waals surface area contributed by atoms with Gasteiger partial charge in [-0.05, 0) is 68.3 Å². The molecule has 2 saturated heterocycles. The summed E-state index contributed by atoms with van der Waals surface area (Å²) in [5.41, 5.74) is 8.38. The third kappa shape index (κ3) is 7.89. The Labute approximate surface area is 250 Å². The summed E-state index contributed by atoms with van der Waals surface area (Å²) in [6.45, 7) is 6.71. The molecule has 42 heavy (non-hydrogen) atoms. The van der Waals surface area contributed by atoms with Crippen molar-refractivity contribution in [3.8, 4) is 5.75 Å². The summed E-state index contributed by atoms with van der Waals surface area (Å²) >= 11 is 0. The number of hydrogen-bond acceptors (Lipinski definition) is 6. The van der Waals surface area contributed by atoms with E-state index in [4.69, 9.17) is 10.5 Å². The minimum absolute atomic E-state index is 0.0108. The van der Waals surface area contributed by atoms with Gasteiger partial charge in [-0.3, -0.25) is 19.3 Å². The second kappa shape index (κ2) is 15.2. The predicted octanol–water partition coefficient (Wildman–Crippen LogP) is 2.87. The molecule has 0 aliphatic carbocycles. The molecular formula is C33H47N5O4. The predicted molar refractivity (Wildman–Crippen MR) is 164 cm³/mol. The molecule has 2 aliphatic heterocycles. The molecule has 2 heterocycles. The van der Waals surface area contributed by atoms with Crippen LogP contribution in [0.4, 0.5) is 0 Å². The second-order valence-electron chi connectivity index (χ2n) is 11.5. The van der Waals surface area contributed by atoms with Crippen LogP contribution in [0.3, 0.4) is 0 Å². The molecule has 4 rings (SSSR count). The molecule has 0 saturated carbocycles. The van der Waals surface area contributed by atoms with Gasteiger partial charge in [0.2, 0.25) is 17.7 Å². The molecule has 0 radical (unpaired) electrons. The number of amides is 3. The molecule has 9 nitrogen and oxygen atoms in total. The largest absolute Gasteiger partial charge is 0.497 e. The van der Waals surface area contributed by atoms with E-state index in [1.807, 2.05) is 49.4 Å². The van der Waals surface area contributed by atoms with Gasteiger partial charge in [0, 0.05) is 31.6 Å². The number of nitrogens with zero attached hydrogens (tertiary/aromatic N) is 2. The molecule has 228 valence electrons. The molecule has 0 aromatic heterocycles. The minimum Gasteiger partial charge on any atom is -0.497 e. The van der Waals surface area contributed by atoms with Crippen molar-refractivity contribution in [2.45, 2.75) is 83.1 Å². The summed E-state index contributed by atoms with van der Waals surface area (Å²) in [5.74, 6) is 0.0974. The van der Waals surface area contributed by atoms with Crippen molar-refractivity contribution in [2.75, 3.05) is 26.7 Å². The summed E-state index contributed by atoms with van der Waals surface area (Å²) in [6.07, 6.45) is 4.17. The Hall–Kier alpha value is -3.43. The summed E-state index contributed by atoms with van der Waals surface area (Å²) < 4.78 is 5.22.